The van der Waals surface area contributed by atoms with Gasteiger partial charge in [-0.25, -0.2) is 9.67 Å². The molecule has 24 heavy (non-hydrogen) atoms. The maximum atomic E-state index is 5.85. The lowest BCUT2D eigenvalue weighted by Gasteiger charge is -2.12. The molecule has 126 valence electrons. The van der Waals surface area contributed by atoms with Gasteiger partial charge in [-0.2, -0.15) is 4.37 Å². The van der Waals surface area contributed by atoms with E-state index in [9.17, 15) is 0 Å². The third-order valence-electron chi connectivity index (χ3n) is 3.21. The maximum absolute atomic E-state index is 5.85. The fourth-order valence-electron chi connectivity index (χ4n) is 2.17. The highest BCUT2D eigenvalue weighted by molar-refractivity contribution is 7.09. The standard InChI is InChI=1S/C16H20N6OS/c1-11(2)23-14-8-6-5-7-12(14)13-9-22(20-18-13)10-15-17-16(21(3)4)24-19-15/h5-9,11H,10H2,1-4H3. The van der Waals surface area contributed by atoms with Gasteiger partial charge in [0.25, 0.3) is 0 Å². The number of benzene rings is 1. The van der Waals surface area contributed by atoms with Gasteiger partial charge in [0, 0.05) is 31.2 Å². The molecule has 0 aliphatic rings. The minimum absolute atomic E-state index is 0.102. The average molecular weight is 344 g/mol. The normalized spacial score (nSPS) is 11.0. The first-order valence-corrected chi connectivity index (χ1v) is 8.46. The van der Waals surface area contributed by atoms with Crippen molar-refractivity contribution in [1.29, 1.82) is 0 Å². The summed E-state index contributed by atoms with van der Waals surface area (Å²) >= 11 is 1.37. The van der Waals surface area contributed by atoms with Crippen LogP contribution in [0.2, 0.25) is 0 Å². The van der Waals surface area contributed by atoms with Crippen LogP contribution in [-0.4, -0.2) is 44.6 Å². The Morgan fingerprint density at radius 1 is 1.25 bits per heavy atom. The summed E-state index contributed by atoms with van der Waals surface area (Å²) in [6, 6.07) is 7.84. The van der Waals surface area contributed by atoms with E-state index in [0.717, 1.165) is 28.0 Å². The van der Waals surface area contributed by atoms with Gasteiger partial charge in [0.2, 0.25) is 5.13 Å². The van der Waals surface area contributed by atoms with Crippen molar-refractivity contribution in [2.45, 2.75) is 26.5 Å². The molecule has 0 atom stereocenters. The summed E-state index contributed by atoms with van der Waals surface area (Å²) in [6.45, 7) is 4.50. The van der Waals surface area contributed by atoms with Crippen LogP contribution >= 0.6 is 11.5 Å². The van der Waals surface area contributed by atoms with Crippen LogP contribution in [-0.2, 0) is 6.54 Å². The third kappa shape index (κ3) is 3.70. The molecule has 0 saturated heterocycles. The molecule has 0 aliphatic heterocycles. The average Bonchev–Trinajstić information content (AvgIpc) is 3.17. The molecule has 0 amide bonds. The van der Waals surface area contributed by atoms with Crippen molar-refractivity contribution in [2.75, 3.05) is 19.0 Å². The molecular formula is C16H20N6OS. The number of nitrogens with zero attached hydrogens (tertiary/aromatic N) is 6. The van der Waals surface area contributed by atoms with Gasteiger partial charge < -0.3 is 9.64 Å². The van der Waals surface area contributed by atoms with Gasteiger partial charge in [0.05, 0.1) is 12.3 Å². The molecule has 3 aromatic rings. The SMILES string of the molecule is CC(C)Oc1ccccc1-c1cn(Cc2nsc(N(C)C)n2)nn1. The smallest absolute Gasteiger partial charge is 0.204 e. The van der Waals surface area contributed by atoms with Crippen molar-refractivity contribution in [3.8, 4) is 17.0 Å². The van der Waals surface area contributed by atoms with Crippen LogP contribution in [0.25, 0.3) is 11.3 Å². The van der Waals surface area contributed by atoms with Crippen LogP contribution < -0.4 is 9.64 Å². The van der Waals surface area contributed by atoms with E-state index in [1.807, 2.05) is 63.3 Å². The van der Waals surface area contributed by atoms with E-state index in [2.05, 4.69) is 19.7 Å². The van der Waals surface area contributed by atoms with E-state index >= 15 is 0 Å². The molecule has 0 radical (unpaired) electrons. The lowest BCUT2D eigenvalue weighted by atomic mass is 10.1. The van der Waals surface area contributed by atoms with E-state index in [1.165, 1.54) is 11.5 Å². The van der Waals surface area contributed by atoms with Crippen LogP contribution in [0.1, 0.15) is 19.7 Å². The van der Waals surface area contributed by atoms with Gasteiger partial charge >= 0.3 is 0 Å². The summed E-state index contributed by atoms with van der Waals surface area (Å²) < 4.78 is 11.9. The first-order chi connectivity index (χ1) is 11.5. The van der Waals surface area contributed by atoms with Gasteiger partial charge in [-0.05, 0) is 26.0 Å². The highest BCUT2D eigenvalue weighted by atomic mass is 32.1. The number of hydrogen-bond donors (Lipinski definition) is 0. The zero-order valence-corrected chi connectivity index (χ0v) is 15.0. The second-order valence-corrected chi connectivity index (χ2v) is 6.58. The van der Waals surface area contributed by atoms with E-state index in [4.69, 9.17) is 4.74 Å². The predicted molar refractivity (Wildman–Crippen MR) is 94.6 cm³/mol. The Morgan fingerprint density at radius 3 is 2.75 bits per heavy atom. The first kappa shape index (κ1) is 16.4. The van der Waals surface area contributed by atoms with E-state index < -0.39 is 0 Å². The van der Waals surface area contributed by atoms with Gasteiger partial charge in [0.15, 0.2) is 5.82 Å². The molecule has 0 unspecified atom stereocenters. The van der Waals surface area contributed by atoms with Crippen LogP contribution in [0.3, 0.4) is 0 Å². The van der Waals surface area contributed by atoms with Crippen LogP contribution in [0.4, 0.5) is 5.13 Å². The second kappa shape index (κ2) is 6.96. The minimum Gasteiger partial charge on any atom is -0.490 e. The van der Waals surface area contributed by atoms with E-state index in [1.54, 1.807) is 4.68 Å². The number of rotatable bonds is 6. The van der Waals surface area contributed by atoms with Gasteiger partial charge in [0.1, 0.15) is 18.0 Å². The highest BCUT2D eigenvalue weighted by Gasteiger charge is 2.12. The van der Waals surface area contributed by atoms with Crippen molar-refractivity contribution < 1.29 is 4.74 Å². The van der Waals surface area contributed by atoms with Crippen LogP contribution in [0.5, 0.6) is 5.75 Å². The van der Waals surface area contributed by atoms with Crippen molar-refractivity contribution in [3.63, 3.8) is 0 Å². The summed E-state index contributed by atoms with van der Waals surface area (Å²) in [4.78, 5) is 6.40. The molecule has 2 heterocycles. The third-order valence-corrected chi connectivity index (χ3v) is 4.13. The molecule has 0 aliphatic carbocycles. The lowest BCUT2D eigenvalue weighted by molar-refractivity contribution is 0.243. The summed E-state index contributed by atoms with van der Waals surface area (Å²) in [5.41, 5.74) is 1.70. The zero-order chi connectivity index (χ0) is 17.1. The molecule has 0 N–H and O–H groups in total. The Labute approximate surface area is 145 Å². The molecule has 1 aromatic carbocycles. The molecule has 2 aromatic heterocycles. The Balaban J connectivity index is 1.80. The topological polar surface area (TPSA) is 69.0 Å². The largest absolute Gasteiger partial charge is 0.490 e. The summed E-state index contributed by atoms with van der Waals surface area (Å²) in [7, 11) is 3.90. The molecule has 0 fully saturated rings. The van der Waals surface area contributed by atoms with Crippen molar-refractivity contribution >= 4 is 16.7 Å². The molecule has 0 bridgehead atoms. The Hall–Kier alpha value is -2.48. The Kier molecular flexibility index (Phi) is 4.75. The fraction of sp³-hybridized carbons (Fsp3) is 0.375. The molecule has 7 nitrogen and oxygen atoms in total. The second-order valence-electron chi connectivity index (χ2n) is 5.85. The summed E-state index contributed by atoms with van der Waals surface area (Å²) in [5.74, 6) is 1.54. The molecule has 0 spiro atoms. The van der Waals surface area contributed by atoms with Gasteiger partial charge in [-0.1, -0.05) is 17.3 Å². The minimum atomic E-state index is 0.102. The maximum Gasteiger partial charge on any atom is 0.204 e. The van der Waals surface area contributed by atoms with E-state index in [0.29, 0.717) is 6.54 Å². The molecule has 8 heteroatoms. The van der Waals surface area contributed by atoms with Crippen molar-refractivity contribution in [3.05, 3.63) is 36.3 Å². The van der Waals surface area contributed by atoms with Gasteiger partial charge in [-0.3, -0.25) is 0 Å². The fourth-order valence-corrected chi connectivity index (χ4v) is 2.76. The summed E-state index contributed by atoms with van der Waals surface area (Å²) in [5, 5.41) is 9.32. The zero-order valence-electron chi connectivity index (χ0n) is 14.2. The Bertz CT molecular complexity index is 810. The number of hydrogen-bond acceptors (Lipinski definition) is 7. The first-order valence-electron chi connectivity index (χ1n) is 7.69. The molecule has 0 saturated carbocycles. The highest BCUT2D eigenvalue weighted by Crippen LogP contribution is 2.28. The number of ether oxygens (including phenoxy) is 1. The summed E-state index contributed by atoms with van der Waals surface area (Å²) in [6.07, 6.45) is 1.99. The number of anilines is 1. The van der Waals surface area contributed by atoms with E-state index in [-0.39, 0.29) is 6.10 Å². The predicted octanol–water partition coefficient (Wildman–Crippen LogP) is 2.70. The quantitative estimate of drug-likeness (QED) is 0.685. The lowest BCUT2D eigenvalue weighted by Crippen LogP contribution is -2.08. The monoisotopic (exact) mass is 344 g/mol. The van der Waals surface area contributed by atoms with Gasteiger partial charge in [-0.15, -0.1) is 5.10 Å². The number of para-hydroxylation sites is 1. The van der Waals surface area contributed by atoms with Crippen molar-refractivity contribution in [1.82, 2.24) is 24.4 Å². The molecule has 3 rings (SSSR count). The molecular weight excluding hydrogens is 324 g/mol. The number of aromatic nitrogens is 5. The van der Waals surface area contributed by atoms with Crippen LogP contribution in [0.15, 0.2) is 30.5 Å². The van der Waals surface area contributed by atoms with Crippen LogP contribution in [0, 0.1) is 0 Å². The van der Waals surface area contributed by atoms with Crippen molar-refractivity contribution in [2.24, 2.45) is 0 Å². The Morgan fingerprint density at radius 2 is 2.04 bits per heavy atom.